The van der Waals surface area contributed by atoms with Gasteiger partial charge in [-0.3, -0.25) is 4.79 Å². The third-order valence-corrected chi connectivity index (χ3v) is 4.43. The number of benzene rings is 1. The molecule has 1 heterocycles. The molecule has 1 fully saturated rings. The van der Waals surface area contributed by atoms with Crippen LogP contribution in [0.5, 0.6) is 11.5 Å². The highest BCUT2D eigenvalue weighted by molar-refractivity contribution is 6.32. The number of hydrogen-bond acceptors (Lipinski definition) is 4. The van der Waals surface area contributed by atoms with Gasteiger partial charge in [0.2, 0.25) is 6.79 Å². The van der Waals surface area contributed by atoms with Crippen molar-refractivity contribution in [3.63, 3.8) is 0 Å². The molecule has 2 N–H and O–H groups in total. The third-order valence-electron chi connectivity index (χ3n) is 4.15. The van der Waals surface area contributed by atoms with E-state index in [1.165, 1.54) is 0 Å². The summed E-state index contributed by atoms with van der Waals surface area (Å²) in [6, 6.07) is 3.24. The van der Waals surface area contributed by atoms with Crippen LogP contribution in [0.25, 0.3) is 0 Å². The van der Waals surface area contributed by atoms with Crippen LogP contribution in [0.1, 0.15) is 36.0 Å². The van der Waals surface area contributed by atoms with Gasteiger partial charge in [-0.2, -0.15) is 0 Å². The van der Waals surface area contributed by atoms with Crippen LogP contribution in [-0.2, 0) is 0 Å². The topological polar surface area (TPSA) is 67.8 Å². The van der Waals surface area contributed by atoms with Crippen LogP contribution in [0.15, 0.2) is 12.1 Å². The first-order valence-electron chi connectivity index (χ1n) is 7.20. The molecular weight excluding hydrogens is 294 g/mol. The number of carbonyl (C=O) groups is 1. The van der Waals surface area contributed by atoms with Gasteiger partial charge in [0.1, 0.15) is 0 Å². The lowest BCUT2D eigenvalue weighted by Gasteiger charge is -2.30. The molecule has 0 aromatic heterocycles. The summed E-state index contributed by atoms with van der Waals surface area (Å²) in [6.07, 6.45) is 4.02. The number of aliphatic hydroxyl groups excluding tert-OH is 1. The molecule has 1 aromatic rings. The molecular formula is C15H18ClNO4. The van der Waals surface area contributed by atoms with Crippen molar-refractivity contribution < 1.29 is 19.4 Å². The summed E-state index contributed by atoms with van der Waals surface area (Å²) >= 11 is 6.09. The molecule has 114 valence electrons. The third kappa shape index (κ3) is 2.94. The fourth-order valence-corrected chi connectivity index (χ4v) is 3.23. The molecule has 2 unspecified atom stereocenters. The first-order valence-corrected chi connectivity index (χ1v) is 7.57. The molecule has 5 nitrogen and oxygen atoms in total. The van der Waals surface area contributed by atoms with E-state index in [-0.39, 0.29) is 31.3 Å². The number of fused-ring (bicyclic) bond motifs is 1. The maximum absolute atomic E-state index is 12.4. The zero-order chi connectivity index (χ0) is 14.8. The molecule has 0 spiro atoms. The number of ether oxygens (including phenoxy) is 2. The Kier molecular flexibility index (Phi) is 4.22. The predicted octanol–water partition coefficient (Wildman–Crippen LogP) is 2.35. The minimum atomic E-state index is -0.194. The highest BCUT2D eigenvalue weighted by Crippen LogP contribution is 2.39. The Bertz CT molecular complexity index is 549. The average molecular weight is 312 g/mol. The second kappa shape index (κ2) is 6.12. The Morgan fingerprint density at radius 1 is 1.33 bits per heavy atom. The zero-order valence-electron chi connectivity index (χ0n) is 11.6. The van der Waals surface area contributed by atoms with Crippen LogP contribution in [0.4, 0.5) is 0 Å². The van der Waals surface area contributed by atoms with Gasteiger partial charge < -0.3 is 19.9 Å². The number of rotatable bonds is 3. The second-order valence-corrected chi connectivity index (χ2v) is 5.91. The summed E-state index contributed by atoms with van der Waals surface area (Å²) in [4.78, 5) is 12.4. The van der Waals surface area contributed by atoms with E-state index in [1.807, 2.05) is 0 Å². The molecule has 21 heavy (non-hydrogen) atoms. The van der Waals surface area contributed by atoms with Crippen molar-refractivity contribution >= 4 is 17.5 Å². The average Bonchev–Trinajstić information content (AvgIpc) is 2.96. The minimum Gasteiger partial charge on any atom is -0.454 e. The Morgan fingerprint density at radius 2 is 2.14 bits per heavy atom. The lowest BCUT2D eigenvalue weighted by molar-refractivity contribution is 0.0872. The number of nitrogens with one attached hydrogen (secondary N) is 1. The molecule has 1 saturated carbocycles. The van der Waals surface area contributed by atoms with Gasteiger partial charge in [0.05, 0.1) is 5.02 Å². The van der Waals surface area contributed by atoms with Crippen molar-refractivity contribution in [2.75, 3.05) is 13.4 Å². The van der Waals surface area contributed by atoms with Crippen molar-refractivity contribution in [3.05, 3.63) is 22.7 Å². The Morgan fingerprint density at radius 3 is 2.95 bits per heavy atom. The first-order chi connectivity index (χ1) is 10.2. The summed E-state index contributed by atoms with van der Waals surface area (Å²) in [7, 11) is 0. The van der Waals surface area contributed by atoms with Gasteiger partial charge in [0, 0.05) is 24.1 Å². The van der Waals surface area contributed by atoms with E-state index in [4.69, 9.17) is 21.1 Å². The van der Waals surface area contributed by atoms with E-state index in [0.717, 1.165) is 25.7 Å². The van der Waals surface area contributed by atoms with E-state index >= 15 is 0 Å². The highest BCUT2D eigenvalue weighted by Gasteiger charge is 2.27. The summed E-state index contributed by atoms with van der Waals surface area (Å²) in [5.41, 5.74) is 0.450. The van der Waals surface area contributed by atoms with E-state index in [1.54, 1.807) is 12.1 Å². The monoisotopic (exact) mass is 311 g/mol. The standard InChI is InChI=1S/C15H18ClNO4/c16-11-5-10(6-13-14(11)21-8-20-13)15(19)17-12-4-2-1-3-9(12)7-18/h5-6,9,12,18H,1-4,7-8H2,(H,17,19). The number of amides is 1. The lowest BCUT2D eigenvalue weighted by Crippen LogP contribution is -2.43. The maximum Gasteiger partial charge on any atom is 0.251 e. The SMILES string of the molecule is O=C(NC1CCCCC1CO)c1cc(Cl)c2c(c1)OCO2. The molecule has 3 rings (SSSR count). The van der Waals surface area contributed by atoms with Gasteiger partial charge in [0.25, 0.3) is 5.91 Å². The van der Waals surface area contributed by atoms with Crippen LogP contribution < -0.4 is 14.8 Å². The molecule has 1 aromatic carbocycles. The Labute approximate surface area is 128 Å². The normalized spacial score (nSPS) is 23.9. The summed E-state index contributed by atoms with van der Waals surface area (Å²) in [6.45, 7) is 0.224. The fourth-order valence-electron chi connectivity index (χ4n) is 2.97. The van der Waals surface area contributed by atoms with Gasteiger partial charge in [0.15, 0.2) is 11.5 Å². The summed E-state index contributed by atoms with van der Waals surface area (Å²) in [5, 5.41) is 12.8. The number of halogens is 1. The number of hydrogen-bond donors (Lipinski definition) is 2. The van der Waals surface area contributed by atoms with Gasteiger partial charge in [-0.15, -0.1) is 0 Å². The largest absolute Gasteiger partial charge is 0.454 e. The molecule has 0 saturated heterocycles. The van der Waals surface area contributed by atoms with Gasteiger partial charge in [-0.05, 0) is 25.0 Å². The second-order valence-electron chi connectivity index (χ2n) is 5.50. The van der Waals surface area contributed by atoms with E-state index in [9.17, 15) is 9.90 Å². The van der Waals surface area contributed by atoms with E-state index in [0.29, 0.717) is 22.1 Å². The van der Waals surface area contributed by atoms with Crippen molar-refractivity contribution in [2.45, 2.75) is 31.7 Å². The van der Waals surface area contributed by atoms with E-state index < -0.39 is 0 Å². The Balaban J connectivity index is 1.75. The van der Waals surface area contributed by atoms with Crippen LogP contribution in [0, 0.1) is 5.92 Å². The quantitative estimate of drug-likeness (QED) is 0.899. The number of carbonyl (C=O) groups excluding carboxylic acids is 1. The van der Waals surface area contributed by atoms with E-state index in [2.05, 4.69) is 5.32 Å². The smallest absolute Gasteiger partial charge is 0.251 e. The molecule has 0 radical (unpaired) electrons. The maximum atomic E-state index is 12.4. The van der Waals surface area contributed by atoms with Crippen molar-refractivity contribution in [3.8, 4) is 11.5 Å². The molecule has 2 aliphatic rings. The molecule has 6 heteroatoms. The van der Waals surface area contributed by atoms with Crippen LogP contribution in [0.3, 0.4) is 0 Å². The van der Waals surface area contributed by atoms with Crippen molar-refractivity contribution in [1.82, 2.24) is 5.32 Å². The van der Waals surface area contributed by atoms with Crippen molar-refractivity contribution in [1.29, 1.82) is 0 Å². The first kappa shape index (κ1) is 14.5. The highest BCUT2D eigenvalue weighted by atomic mass is 35.5. The predicted molar refractivity (Wildman–Crippen MR) is 77.9 cm³/mol. The van der Waals surface area contributed by atoms with Gasteiger partial charge in [-0.1, -0.05) is 24.4 Å². The molecule has 1 aliphatic heterocycles. The molecule has 0 bridgehead atoms. The van der Waals surface area contributed by atoms with Gasteiger partial charge in [-0.25, -0.2) is 0 Å². The number of aliphatic hydroxyl groups is 1. The van der Waals surface area contributed by atoms with Crippen molar-refractivity contribution in [2.24, 2.45) is 5.92 Å². The lowest BCUT2D eigenvalue weighted by atomic mass is 9.85. The zero-order valence-corrected chi connectivity index (χ0v) is 12.4. The van der Waals surface area contributed by atoms with Crippen LogP contribution >= 0.6 is 11.6 Å². The van der Waals surface area contributed by atoms with Crippen LogP contribution in [0.2, 0.25) is 5.02 Å². The summed E-state index contributed by atoms with van der Waals surface area (Å²) < 4.78 is 10.5. The Hall–Kier alpha value is -1.46. The molecule has 2 atom stereocenters. The van der Waals surface area contributed by atoms with Crippen LogP contribution in [-0.4, -0.2) is 30.5 Å². The van der Waals surface area contributed by atoms with Gasteiger partial charge >= 0.3 is 0 Å². The minimum absolute atomic E-state index is 0.0143. The summed E-state index contributed by atoms with van der Waals surface area (Å²) in [5.74, 6) is 0.918. The molecule has 1 amide bonds. The molecule has 1 aliphatic carbocycles. The fraction of sp³-hybridized carbons (Fsp3) is 0.533.